The van der Waals surface area contributed by atoms with Crippen LogP contribution in [0.5, 0.6) is 11.5 Å². The Morgan fingerprint density at radius 3 is 2.73 bits per heavy atom. The first-order chi connectivity index (χ1) is 12.5. The fourth-order valence-electron chi connectivity index (χ4n) is 3.17. The second-order valence-corrected chi connectivity index (χ2v) is 6.76. The van der Waals surface area contributed by atoms with Crippen molar-refractivity contribution >= 4 is 0 Å². The Morgan fingerprint density at radius 1 is 1.19 bits per heavy atom. The Balaban J connectivity index is 1.69. The Bertz CT molecular complexity index is 597. The van der Waals surface area contributed by atoms with Crippen LogP contribution in [0.4, 0.5) is 0 Å². The number of fused-ring (bicyclic) bond motifs is 1. The zero-order chi connectivity index (χ0) is 18.7. The summed E-state index contributed by atoms with van der Waals surface area (Å²) in [6.07, 6.45) is -4.27. The Hall–Kier alpha value is -1.42. The summed E-state index contributed by atoms with van der Waals surface area (Å²) in [6.45, 7) is 3.90. The minimum absolute atomic E-state index is 0.453. The van der Waals surface area contributed by atoms with Crippen LogP contribution < -0.4 is 9.47 Å². The van der Waals surface area contributed by atoms with Crippen LogP contribution in [0, 0.1) is 0 Å². The summed E-state index contributed by atoms with van der Waals surface area (Å²) in [5, 5.41) is 39.0. The molecule has 2 aliphatic rings. The average Bonchev–Trinajstić information content (AvgIpc) is 2.66. The highest BCUT2D eigenvalue weighted by atomic mass is 16.7. The topological polar surface area (TPSA) is 112 Å². The lowest BCUT2D eigenvalue weighted by atomic mass is 9.99. The van der Waals surface area contributed by atoms with E-state index in [0.29, 0.717) is 12.5 Å². The number of hydrogen-bond donors (Lipinski definition) is 4. The maximum absolute atomic E-state index is 10.1. The summed E-state index contributed by atoms with van der Waals surface area (Å²) in [6, 6.07) is 5.31. The van der Waals surface area contributed by atoms with Gasteiger partial charge in [-0.05, 0) is 24.6 Å². The Kier molecular flexibility index (Phi) is 6.33. The van der Waals surface area contributed by atoms with Gasteiger partial charge in [-0.2, -0.15) is 0 Å². The molecule has 3 rings (SSSR count). The van der Waals surface area contributed by atoms with E-state index in [9.17, 15) is 20.4 Å². The normalized spacial score (nSPS) is 32.0. The molecule has 0 unspecified atom stereocenters. The van der Waals surface area contributed by atoms with Crippen LogP contribution in [-0.2, 0) is 11.3 Å². The maximum atomic E-state index is 10.1. The zero-order valence-electron chi connectivity index (χ0n) is 14.8. The minimum Gasteiger partial charge on any atom is -0.478 e. The predicted molar refractivity (Wildman–Crippen MR) is 91.7 cm³/mol. The highest BCUT2D eigenvalue weighted by Crippen LogP contribution is 2.31. The molecule has 1 fully saturated rings. The van der Waals surface area contributed by atoms with E-state index in [1.165, 1.54) is 0 Å². The molecule has 0 bridgehead atoms. The highest BCUT2D eigenvalue weighted by molar-refractivity contribution is 5.41. The lowest BCUT2D eigenvalue weighted by Gasteiger charge is -2.39. The summed E-state index contributed by atoms with van der Waals surface area (Å²) in [7, 11) is 0. The van der Waals surface area contributed by atoms with Crippen molar-refractivity contribution in [1.82, 2.24) is 4.90 Å². The molecule has 0 aromatic heterocycles. The van der Waals surface area contributed by atoms with Crippen LogP contribution in [-0.4, -0.2) is 75.9 Å². The van der Waals surface area contributed by atoms with Crippen LogP contribution in [0.3, 0.4) is 0 Å². The average molecular weight is 369 g/mol. The first-order valence-corrected chi connectivity index (χ1v) is 8.98. The van der Waals surface area contributed by atoms with Crippen molar-refractivity contribution in [2.75, 3.05) is 19.9 Å². The standard InChI is InChI=1S/C18H27NO7/c1-2-3-6-19-8-11-7-12(4-5-13(11)24-10-19)25-18-17(23)16(22)15(21)14(9-20)26-18/h4-5,7,14-18,20-23H,2-3,6,8-10H2,1H3/t14-,15-,16+,17-,18-/m1/s1. The summed E-state index contributed by atoms with van der Waals surface area (Å²) < 4.78 is 16.8. The Labute approximate surface area is 152 Å². The number of benzene rings is 1. The van der Waals surface area contributed by atoms with Gasteiger partial charge < -0.3 is 34.6 Å². The molecular weight excluding hydrogens is 342 g/mol. The lowest BCUT2D eigenvalue weighted by Crippen LogP contribution is -2.60. The summed E-state index contributed by atoms with van der Waals surface area (Å²) in [4.78, 5) is 2.20. The van der Waals surface area contributed by atoms with Gasteiger partial charge in [0.25, 0.3) is 0 Å². The van der Waals surface area contributed by atoms with Crippen molar-refractivity contribution in [2.45, 2.75) is 57.0 Å². The van der Waals surface area contributed by atoms with Gasteiger partial charge in [-0.1, -0.05) is 13.3 Å². The van der Waals surface area contributed by atoms with Gasteiger partial charge in [0.05, 0.1) is 6.61 Å². The molecule has 8 heteroatoms. The third-order valence-electron chi connectivity index (χ3n) is 4.76. The van der Waals surface area contributed by atoms with Gasteiger partial charge in [-0.25, -0.2) is 0 Å². The molecular formula is C18H27NO7. The van der Waals surface area contributed by atoms with Crippen molar-refractivity contribution in [1.29, 1.82) is 0 Å². The second-order valence-electron chi connectivity index (χ2n) is 6.76. The van der Waals surface area contributed by atoms with Crippen molar-refractivity contribution < 1.29 is 34.6 Å². The van der Waals surface area contributed by atoms with Crippen LogP contribution >= 0.6 is 0 Å². The molecule has 8 nitrogen and oxygen atoms in total. The van der Waals surface area contributed by atoms with Crippen molar-refractivity contribution in [3.8, 4) is 11.5 Å². The fraction of sp³-hybridized carbons (Fsp3) is 0.667. The molecule has 0 aliphatic carbocycles. The van der Waals surface area contributed by atoms with Gasteiger partial charge in [-0.15, -0.1) is 0 Å². The van der Waals surface area contributed by atoms with Gasteiger partial charge in [0, 0.05) is 18.7 Å². The van der Waals surface area contributed by atoms with E-state index in [2.05, 4.69) is 11.8 Å². The third-order valence-corrected chi connectivity index (χ3v) is 4.76. The SMILES string of the molecule is CCCCN1COc2ccc(O[C@@H]3O[C@H](CO)[C@@H](O)[C@H](O)[C@H]3O)cc2C1. The van der Waals surface area contributed by atoms with Gasteiger partial charge >= 0.3 is 0 Å². The van der Waals surface area contributed by atoms with Crippen molar-refractivity contribution in [3.63, 3.8) is 0 Å². The van der Waals surface area contributed by atoms with Gasteiger partial charge in [0.1, 0.15) is 42.6 Å². The van der Waals surface area contributed by atoms with Crippen LogP contribution in [0.25, 0.3) is 0 Å². The van der Waals surface area contributed by atoms with Crippen molar-refractivity contribution in [2.24, 2.45) is 0 Å². The largest absolute Gasteiger partial charge is 0.478 e. The van der Waals surface area contributed by atoms with Crippen LogP contribution in [0.1, 0.15) is 25.3 Å². The van der Waals surface area contributed by atoms with Gasteiger partial charge in [0.15, 0.2) is 0 Å². The summed E-state index contributed by atoms with van der Waals surface area (Å²) >= 11 is 0. The highest BCUT2D eigenvalue weighted by Gasteiger charge is 2.44. The summed E-state index contributed by atoms with van der Waals surface area (Å²) in [5.74, 6) is 1.24. The molecule has 1 aromatic carbocycles. The predicted octanol–water partition coefficient (Wildman–Crippen LogP) is -0.183. The second kappa shape index (κ2) is 8.51. The molecule has 2 aliphatic heterocycles. The Morgan fingerprint density at radius 2 is 2.00 bits per heavy atom. The van der Waals surface area contributed by atoms with E-state index in [0.717, 1.165) is 37.2 Å². The number of aliphatic hydroxyl groups excluding tert-OH is 4. The van der Waals surface area contributed by atoms with E-state index in [1.807, 2.05) is 6.07 Å². The number of unbranched alkanes of at least 4 members (excludes halogenated alkanes) is 1. The smallest absolute Gasteiger partial charge is 0.229 e. The number of ether oxygens (including phenoxy) is 3. The lowest BCUT2D eigenvalue weighted by molar-refractivity contribution is -0.277. The number of aliphatic hydroxyl groups is 4. The third kappa shape index (κ3) is 4.11. The van der Waals surface area contributed by atoms with Gasteiger partial charge in [0.2, 0.25) is 6.29 Å². The van der Waals surface area contributed by atoms with E-state index >= 15 is 0 Å². The quantitative estimate of drug-likeness (QED) is 0.546. The number of nitrogens with zero attached hydrogens (tertiary/aromatic N) is 1. The molecule has 26 heavy (non-hydrogen) atoms. The molecule has 5 atom stereocenters. The zero-order valence-corrected chi connectivity index (χ0v) is 14.8. The van der Waals surface area contributed by atoms with E-state index < -0.39 is 37.3 Å². The molecule has 0 radical (unpaired) electrons. The number of rotatable bonds is 6. The maximum Gasteiger partial charge on any atom is 0.229 e. The van der Waals surface area contributed by atoms with Crippen LogP contribution in [0.2, 0.25) is 0 Å². The monoisotopic (exact) mass is 369 g/mol. The molecule has 0 amide bonds. The van der Waals surface area contributed by atoms with E-state index in [4.69, 9.17) is 14.2 Å². The minimum atomic E-state index is -1.46. The summed E-state index contributed by atoms with van der Waals surface area (Å²) in [5.41, 5.74) is 0.967. The fourth-order valence-corrected chi connectivity index (χ4v) is 3.17. The molecule has 0 spiro atoms. The van der Waals surface area contributed by atoms with Crippen LogP contribution in [0.15, 0.2) is 18.2 Å². The number of hydrogen-bond acceptors (Lipinski definition) is 8. The van der Waals surface area contributed by atoms with E-state index in [1.54, 1.807) is 12.1 Å². The van der Waals surface area contributed by atoms with E-state index in [-0.39, 0.29) is 0 Å². The first kappa shape index (κ1) is 19.3. The molecule has 146 valence electrons. The molecule has 1 aromatic rings. The molecule has 4 N–H and O–H groups in total. The molecule has 1 saturated heterocycles. The first-order valence-electron chi connectivity index (χ1n) is 8.98. The van der Waals surface area contributed by atoms with Crippen molar-refractivity contribution in [3.05, 3.63) is 23.8 Å². The molecule has 2 heterocycles. The molecule has 0 saturated carbocycles. The van der Waals surface area contributed by atoms with Gasteiger partial charge in [-0.3, -0.25) is 4.90 Å².